The molecule has 1 fully saturated rings. The van der Waals surface area contributed by atoms with E-state index in [4.69, 9.17) is 0 Å². The Labute approximate surface area is 122 Å². The van der Waals surface area contributed by atoms with E-state index in [1.54, 1.807) is 0 Å². The summed E-state index contributed by atoms with van der Waals surface area (Å²) in [5.41, 5.74) is 1.32. The first kappa shape index (κ1) is 14.8. The highest BCUT2D eigenvalue weighted by Gasteiger charge is 2.39. The van der Waals surface area contributed by atoms with Crippen molar-refractivity contribution in [2.45, 2.75) is 51.5 Å². The molecule has 1 aromatic rings. The van der Waals surface area contributed by atoms with Crippen molar-refractivity contribution < 1.29 is 13.2 Å². The topological polar surface area (TPSA) is 33.1 Å². The van der Waals surface area contributed by atoms with Crippen molar-refractivity contribution in [1.82, 2.24) is 19.8 Å². The van der Waals surface area contributed by atoms with E-state index in [0.29, 0.717) is 37.8 Å². The minimum absolute atomic E-state index is 0.377. The first-order chi connectivity index (χ1) is 10.0. The summed E-state index contributed by atoms with van der Waals surface area (Å²) in [4.78, 5) is 6.11. The second-order valence-electron chi connectivity index (χ2n) is 5.76. The lowest BCUT2D eigenvalue weighted by Crippen LogP contribution is -2.32. The summed E-state index contributed by atoms with van der Waals surface area (Å²) in [5, 5.41) is 3.08. The van der Waals surface area contributed by atoms with Crippen molar-refractivity contribution in [2.75, 3.05) is 19.6 Å². The number of nitrogens with zero attached hydrogens (tertiary/aromatic N) is 3. The van der Waals surface area contributed by atoms with Crippen LogP contribution in [0.4, 0.5) is 13.2 Å². The molecule has 1 saturated carbocycles. The van der Waals surface area contributed by atoms with Crippen LogP contribution in [0.1, 0.15) is 37.0 Å². The quantitative estimate of drug-likeness (QED) is 0.903. The maximum Gasteiger partial charge on any atom is 0.449 e. The SMILES string of the molecule is CCN(CCn1c(C(F)(F)F)nc2c1CCNC2)C1CC1. The van der Waals surface area contributed by atoms with Crippen LogP contribution in [0.3, 0.4) is 0 Å². The van der Waals surface area contributed by atoms with E-state index in [9.17, 15) is 13.2 Å². The lowest BCUT2D eigenvalue weighted by molar-refractivity contribution is -0.147. The molecule has 1 N–H and O–H groups in total. The van der Waals surface area contributed by atoms with E-state index in [2.05, 4.69) is 22.1 Å². The lowest BCUT2D eigenvalue weighted by Gasteiger charge is -2.22. The number of hydrogen-bond donors (Lipinski definition) is 1. The molecular formula is C14H21F3N4. The Kier molecular flexibility index (Phi) is 3.96. The van der Waals surface area contributed by atoms with Crippen LogP contribution in [0.25, 0.3) is 0 Å². The van der Waals surface area contributed by atoms with Gasteiger partial charge in [0.05, 0.1) is 5.69 Å². The Balaban J connectivity index is 1.83. The van der Waals surface area contributed by atoms with Crippen LogP contribution in [-0.4, -0.2) is 40.1 Å². The third-order valence-electron chi connectivity index (χ3n) is 4.32. The van der Waals surface area contributed by atoms with Gasteiger partial charge in [-0.3, -0.25) is 4.90 Å². The van der Waals surface area contributed by atoms with Crippen molar-refractivity contribution in [3.05, 3.63) is 17.2 Å². The van der Waals surface area contributed by atoms with E-state index >= 15 is 0 Å². The maximum atomic E-state index is 13.2. The van der Waals surface area contributed by atoms with Gasteiger partial charge in [0.1, 0.15) is 0 Å². The van der Waals surface area contributed by atoms with Crippen LogP contribution in [0.2, 0.25) is 0 Å². The second-order valence-corrected chi connectivity index (χ2v) is 5.76. The van der Waals surface area contributed by atoms with Gasteiger partial charge in [-0.2, -0.15) is 13.2 Å². The molecule has 0 radical (unpaired) electrons. The van der Waals surface area contributed by atoms with Crippen LogP contribution in [-0.2, 0) is 25.7 Å². The number of rotatable bonds is 5. The fraction of sp³-hybridized carbons (Fsp3) is 0.786. The third kappa shape index (κ3) is 3.08. The first-order valence-electron chi connectivity index (χ1n) is 7.61. The van der Waals surface area contributed by atoms with Crippen LogP contribution < -0.4 is 5.32 Å². The van der Waals surface area contributed by atoms with Crippen molar-refractivity contribution >= 4 is 0 Å². The Morgan fingerprint density at radius 1 is 1.38 bits per heavy atom. The summed E-state index contributed by atoms with van der Waals surface area (Å²) in [6, 6.07) is 0.574. The molecule has 0 spiro atoms. The molecule has 2 heterocycles. The average Bonchev–Trinajstić information content (AvgIpc) is 3.20. The summed E-state index contributed by atoms with van der Waals surface area (Å²) < 4.78 is 41.0. The number of likely N-dealkylation sites (N-methyl/N-ethyl adjacent to an activating group) is 1. The van der Waals surface area contributed by atoms with Gasteiger partial charge in [0.2, 0.25) is 5.82 Å². The number of hydrogen-bond acceptors (Lipinski definition) is 3. The Bertz CT molecular complexity index is 505. The fourth-order valence-corrected chi connectivity index (χ4v) is 3.10. The molecule has 0 amide bonds. The molecule has 1 aromatic heterocycles. The van der Waals surface area contributed by atoms with Gasteiger partial charge < -0.3 is 9.88 Å². The number of nitrogens with one attached hydrogen (secondary N) is 1. The molecule has 0 aromatic carbocycles. The normalized spacial score (nSPS) is 19.1. The highest BCUT2D eigenvalue weighted by Crippen LogP contribution is 2.32. The molecule has 1 aliphatic heterocycles. The summed E-state index contributed by atoms with van der Waals surface area (Å²) in [6.07, 6.45) is -1.42. The maximum absolute atomic E-state index is 13.2. The van der Waals surface area contributed by atoms with Crippen molar-refractivity contribution in [1.29, 1.82) is 0 Å². The Morgan fingerprint density at radius 3 is 2.76 bits per heavy atom. The van der Waals surface area contributed by atoms with Crippen molar-refractivity contribution in [3.8, 4) is 0 Å². The predicted molar refractivity (Wildman–Crippen MR) is 72.9 cm³/mol. The fourth-order valence-electron chi connectivity index (χ4n) is 3.10. The van der Waals surface area contributed by atoms with Crippen LogP contribution in [0, 0.1) is 0 Å². The molecule has 7 heteroatoms. The minimum atomic E-state index is -4.38. The Morgan fingerprint density at radius 2 is 2.14 bits per heavy atom. The highest BCUT2D eigenvalue weighted by molar-refractivity contribution is 5.21. The molecule has 1 aliphatic carbocycles. The molecule has 0 unspecified atom stereocenters. The lowest BCUT2D eigenvalue weighted by atomic mass is 10.2. The summed E-state index contributed by atoms with van der Waals surface area (Å²) in [5.74, 6) is -0.733. The summed E-state index contributed by atoms with van der Waals surface area (Å²) >= 11 is 0. The van der Waals surface area contributed by atoms with Gasteiger partial charge in [-0.15, -0.1) is 0 Å². The van der Waals surface area contributed by atoms with Gasteiger partial charge >= 0.3 is 6.18 Å². The largest absolute Gasteiger partial charge is 0.449 e. The number of halogens is 3. The first-order valence-corrected chi connectivity index (χ1v) is 7.61. The highest BCUT2D eigenvalue weighted by atomic mass is 19.4. The summed E-state index contributed by atoms with van der Waals surface area (Å²) in [7, 11) is 0. The molecule has 2 aliphatic rings. The van der Waals surface area contributed by atoms with Crippen molar-refractivity contribution in [2.24, 2.45) is 0 Å². The molecule has 21 heavy (non-hydrogen) atoms. The van der Waals surface area contributed by atoms with Gasteiger partial charge in [0.25, 0.3) is 0 Å². The third-order valence-corrected chi connectivity index (χ3v) is 4.32. The Hall–Kier alpha value is -1.08. The molecular weight excluding hydrogens is 281 g/mol. The van der Waals surface area contributed by atoms with E-state index in [1.807, 2.05) is 0 Å². The van der Waals surface area contributed by atoms with Gasteiger partial charge in [-0.1, -0.05) is 6.92 Å². The summed E-state index contributed by atoms with van der Waals surface area (Å²) in [6.45, 7) is 5.16. The smallest absolute Gasteiger partial charge is 0.323 e. The van der Waals surface area contributed by atoms with Gasteiger partial charge in [0.15, 0.2) is 0 Å². The zero-order valence-corrected chi connectivity index (χ0v) is 12.2. The minimum Gasteiger partial charge on any atom is -0.323 e. The number of aromatic nitrogens is 2. The van der Waals surface area contributed by atoms with E-state index in [1.165, 1.54) is 17.4 Å². The van der Waals surface area contributed by atoms with Gasteiger partial charge in [0, 0.05) is 44.3 Å². The van der Waals surface area contributed by atoms with E-state index < -0.39 is 12.0 Å². The van der Waals surface area contributed by atoms with Gasteiger partial charge in [-0.05, 0) is 19.4 Å². The standard InChI is InChI=1S/C14H21F3N4/c1-2-20(10-3-4-10)7-8-21-12-5-6-18-9-11(12)19-13(21)14(15,16)17/h10,18H,2-9H2,1H3. The molecule has 3 rings (SSSR count). The van der Waals surface area contributed by atoms with E-state index in [-0.39, 0.29) is 0 Å². The molecule has 4 nitrogen and oxygen atoms in total. The number of fused-ring (bicyclic) bond motifs is 1. The predicted octanol–water partition coefficient (Wildman–Crippen LogP) is 2.03. The van der Waals surface area contributed by atoms with Gasteiger partial charge in [-0.25, -0.2) is 4.98 Å². The zero-order chi connectivity index (χ0) is 15.0. The molecule has 0 saturated heterocycles. The number of imidazole rings is 1. The van der Waals surface area contributed by atoms with Crippen molar-refractivity contribution in [3.63, 3.8) is 0 Å². The number of alkyl halides is 3. The van der Waals surface area contributed by atoms with Crippen LogP contribution >= 0.6 is 0 Å². The molecule has 118 valence electrons. The van der Waals surface area contributed by atoms with E-state index in [0.717, 1.165) is 18.8 Å². The molecule has 0 atom stereocenters. The van der Waals surface area contributed by atoms with Crippen LogP contribution in [0.15, 0.2) is 0 Å². The zero-order valence-electron chi connectivity index (χ0n) is 12.2. The van der Waals surface area contributed by atoms with Crippen LogP contribution in [0.5, 0.6) is 0 Å². The monoisotopic (exact) mass is 302 g/mol. The average molecular weight is 302 g/mol. The second kappa shape index (κ2) is 5.61. The molecule has 0 bridgehead atoms.